The zero-order valence-electron chi connectivity index (χ0n) is 14.2. The first-order chi connectivity index (χ1) is 10.7. The monoisotopic (exact) mass is 358 g/mol. The topological polar surface area (TPSA) is 65.5 Å². The van der Waals surface area contributed by atoms with Gasteiger partial charge in [-0.05, 0) is 39.3 Å². The molecule has 1 aliphatic heterocycles. The molecule has 0 atom stereocenters. The van der Waals surface area contributed by atoms with Gasteiger partial charge in [-0.3, -0.25) is 0 Å². The van der Waals surface area contributed by atoms with Crippen LogP contribution in [0.2, 0.25) is 0 Å². The predicted octanol–water partition coefficient (Wildman–Crippen LogP) is 1.57. The third-order valence-corrected chi connectivity index (χ3v) is 7.22. The van der Waals surface area contributed by atoms with Crippen LogP contribution in [0.5, 0.6) is 0 Å². The number of anilines is 1. The molecule has 0 aromatic carbocycles. The Balaban J connectivity index is 2.04. The van der Waals surface area contributed by atoms with Gasteiger partial charge in [-0.2, -0.15) is 16.1 Å². The van der Waals surface area contributed by atoms with Crippen molar-refractivity contribution in [2.24, 2.45) is 0 Å². The van der Waals surface area contributed by atoms with Gasteiger partial charge >= 0.3 is 0 Å². The van der Waals surface area contributed by atoms with Crippen molar-refractivity contribution < 1.29 is 8.42 Å². The van der Waals surface area contributed by atoms with Crippen LogP contribution in [0.1, 0.15) is 13.8 Å². The number of likely N-dealkylation sites (N-methyl/N-ethyl adjacent to an activating group) is 1. The molecule has 130 valence electrons. The second-order valence-corrected chi connectivity index (χ2v) is 9.86. The summed E-state index contributed by atoms with van der Waals surface area (Å²) in [5.41, 5.74) is 0. The highest BCUT2D eigenvalue weighted by Crippen LogP contribution is 2.22. The maximum absolute atomic E-state index is 12.6. The van der Waals surface area contributed by atoms with Gasteiger partial charge in [0.15, 0.2) is 0 Å². The lowest BCUT2D eigenvalue weighted by Gasteiger charge is -2.31. The number of thioether (sulfide) groups is 1. The summed E-state index contributed by atoms with van der Waals surface area (Å²) >= 11 is 1.78. The quantitative estimate of drug-likeness (QED) is 0.833. The number of hydrogen-bond acceptors (Lipinski definition) is 6. The van der Waals surface area contributed by atoms with Crippen LogP contribution < -0.4 is 5.32 Å². The predicted molar refractivity (Wildman–Crippen MR) is 96.6 cm³/mol. The molecule has 0 amide bonds. The van der Waals surface area contributed by atoms with Crippen LogP contribution in [0.25, 0.3) is 0 Å². The largest absolute Gasteiger partial charge is 0.369 e. The van der Waals surface area contributed by atoms with E-state index in [1.807, 2.05) is 7.05 Å². The summed E-state index contributed by atoms with van der Waals surface area (Å²) in [4.78, 5) is 6.65. The molecule has 1 saturated heterocycles. The smallest absolute Gasteiger partial charge is 0.244 e. The van der Waals surface area contributed by atoms with Crippen LogP contribution >= 0.6 is 11.8 Å². The molecule has 23 heavy (non-hydrogen) atoms. The Bertz CT molecular complexity index is 609. The highest BCUT2D eigenvalue weighted by Gasteiger charge is 2.27. The molecule has 1 aromatic rings. The molecule has 2 heterocycles. The Morgan fingerprint density at radius 1 is 1.26 bits per heavy atom. The number of nitrogens with one attached hydrogen (secondary N) is 1. The first-order valence-electron chi connectivity index (χ1n) is 7.68. The van der Waals surface area contributed by atoms with E-state index < -0.39 is 10.0 Å². The fourth-order valence-corrected chi connectivity index (χ4v) is 3.78. The minimum atomic E-state index is -3.44. The molecule has 0 bridgehead atoms. The van der Waals surface area contributed by atoms with E-state index in [9.17, 15) is 8.42 Å². The van der Waals surface area contributed by atoms with Crippen LogP contribution in [0.15, 0.2) is 23.2 Å². The van der Waals surface area contributed by atoms with E-state index in [0.717, 1.165) is 19.6 Å². The van der Waals surface area contributed by atoms with E-state index in [2.05, 4.69) is 35.3 Å². The van der Waals surface area contributed by atoms with Crippen LogP contribution in [0.3, 0.4) is 0 Å². The first kappa shape index (κ1) is 18.5. The molecule has 2 rings (SSSR count). The van der Waals surface area contributed by atoms with Gasteiger partial charge in [-0.1, -0.05) is 0 Å². The van der Waals surface area contributed by atoms with Crippen LogP contribution in [0, 0.1) is 0 Å². The third-order valence-electron chi connectivity index (χ3n) is 4.08. The van der Waals surface area contributed by atoms with Gasteiger partial charge in [0.05, 0.1) is 0 Å². The number of hydrogen-bond donors (Lipinski definition) is 1. The van der Waals surface area contributed by atoms with Gasteiger partial charge in [-0.25, -0.2) is 13.4 Å². The maximum atomic E-state index is 12.6. The van der Waals surface area contributed by atoms with E-state index >= 15 is 0 Å². The molecule has 0 spiro atoms. The Kier molecular flexibility index (Phi) is 5.94. The SMILES string of the molecule is CSC(C)(C)CNc1ccc(S(=O)(=O)N2CCN(C)CC2)cn1. The lowest BCUT2D eigenvalue weighted by atomic mass is 10.2. The normalized spacial score (nSPS) is 18.1. The van der Waals surface area contributed by atoms with Crippen molar-refractivity contribution >= 4 is 27.6 Å². The van der Waals surface area contributed by atoms with Crippen molar-refractivity contribution in [2.75, 3.05) is 51.3 Å². The lowest BCUT2D eigenvalue weighted by molar-refractivity contribution is 0.222. The first-order valence-corrected chi connectivity index (χ1v) is 10.3. The summed E-state index contributed by atoms with van der Waals surface area (Å²) in [6.45, 7) is 7.65. The summed E-state index contributed by atoms with van der Waals surface area (Å²) in [6, 6.07) is 3.37. The Morgan fingerprint density at radius 2 is 1.91 bits per heavy atom. The number of sulfonamides is 1. The van der Waals surface area contributed by atoms with Crippen molar-refractivity contribution in [2.45, 2.75) is 23.5 Å². The fraction of sp³-hybridized carbons (Fsp3) is 0.667. The third kappa shape index (κ3) is 4.82. The number of nitrogens with zero attached hydrogens (tertiary/aromatic N) is 3. The molecule has 8 heteroatoms. The molecule has 0 unspecified atom stereocenters. The zero-order chi connectivity index (χ0) is 17.1. The second kappa shape index (κ2) is 7.38. The van der Waals surface area contributed by atoms with Crippen molar-refractivity contribution in [1.29, 1.82) is 0 Å². The summed E-state index contributed by atoms with van der Waals surface area (Å²) in [7, 11) is -1.44. The van der Waals surface area contributed by atoms with Gasteiger partial charge < -0.3 is 10.2 Å². The van der Waals surface area contributed by atoms with E-state index in [-0.39, 0.29) is 9.64 Å². The number of piperazine rings is 1. The molecule has 0 aliphatic carbocycles. The summed E-state index contributed by atoms with van der Waals surface area (Å²) in [5, 5.41) is 3.25. The molecule has 0 saturated carbocycles. The summed E-state index contributed by atoms with van der Waals surface area (Å²) < 4.78 is 26.9. The van der Waals surface area contributed by atoms with Gasteiger partial charge in [-0.15, -0.1) is 0 Å². The van der Waals surface area contributed by atoms with Gasteiger partial charge in [0.2, 0.25) is 10.0 Å². The van der Waals surface area contributed by atoms with Gasteiger partial charge in [0, 0.05) is 43.7 Å². The maximum Gasteiger partial charge on any atom is 0.244 e. The average molecular weight is 359 g/mol. The van der Waals surface area contributed by atoms with E-state index in [1.54, 1.807) is 23.9 Å². The molecule has 1 fully saturated rings. The molecule has 0 radical (unpaired) electrons. The molecule has 6 nitrogen and oxygen atoms in total. The number of pyridine rings is 1. The fourth-order valence-electron chi connectivity index (χ4n) is 2.19. The van der Waals surface area contributed by atoms with E-state index in [1.165, 1.54) is 10.5 Å². The minimum Gasteiger partial charge on any atom is -0.369 e. The molecule has 1 N–H and O–H groups in total. The molecular formula is C15H26N4O2S2. The van der Waals surface area contributed by atoms with Crippen LogP contribution in [-0.2, 0) is 10.0 Å². The van der Waals surface area contributed by atoms with Crippen LogP contribution in [-0.4, -0.2) is 73.4 Å². The van der Waals surface area contributed by atoms with Crippen molar-refractivity contribution in [3.63, 3.8) is 0 Å². The van der Waals surface area contributed by atoms with Gasteiger partial charge in [0.1, 0.15) is 10.7 Å². The standard InChI is InChI=1S/C15H26N4O2S2/c1-15(2,22-4)12-17-14-6-5-13(11-16-14)23(20,21)19-9-7-18(3)8-10-19/h5-6,11H,7-10,12H2,1-4H3,(H,16,17). The molecular weight excluding hydrogens is 332 g/mol. The Labute approximate surface area is 143 Å². The number of aromatic nitrogens is 1. The lowest BCUT2D eigenvalue weighted by Crippen LogP contribution is -2.47. The molecule has 1 aromatic heterocycles. The highest BCUT2D eigenvalue weighted by molar-refractivity contribution is 7.99. The van der Waals surface area contributed by atoms with E-state index in [4.69, 9.17) is 0 Å². The van der Waals surface area contributed by atoms with Crippen molar-refractivity contribution in [3.8, 4) is 0 Å². The van der Waals surface area contributed by atoms with Crippen LogP contribution in [0.4, 0.5) is 5.82 Å². The minimum absolute atomic E-state index is 0.103. The van der Waals surface area contributed by atoms with Gasteiger partial charge in [0.25, 0.3) is 0 Å². The van der Waals surface area contributed by atoms with E-state index in [0.29, 0.717) is 18.9 Å². The summed E-state index contributed by atoms with van der Waals surface area (Å²) in [6.07, 6.45) is 3.52. The summed E-state index contributed by atoms with van der Waals surface area (Å²) in [5.74, 6) is 0.699. The average Bonchev–Trinajstić information content (AvgIpc) is 2.54. The number of rotatable bonds is 6. The highest BCUT2D eigenvalue weighted by atomic mass is 32.2. The van der Waals surface area contributed by atoms with Crippen molar-refractivity contribution in [1.82, 2.24) is 14.2 Å². The Hall–Kier alpha value is -0.830. The van der Waals surface area contributed by atoms with Crippen molar-refractivity contribution in [3.05, 3.63) is 18.3 Å². The Morgan fingerprint density at radius 3 is 2.43 bits per heavy atom. The second-order valence-electron chi connectivity index (χ2n) is 6.40. The zero-order valence-corrected chi connectivity index (χ0v) is 15.9. The molecule has 1 aliphatic rings.